The summed E-state index contributed by atoms with van der Waals surface area (Å²) in [5, 5.41) is 13.1. The second-order valence-electron chi connectivity index (χ2n) is 8.22. The van der Waals surface area contributed by atoms with Gasteiger partial charge in [-0.25, -0.2) is 27.1 Å². The van der Waals surface area contributed by atoms with Gasteiger partial charge in [-0.1, -0.05) is 6.92 Å². The Kier molecular flexibility index (Phi) is 7.60. The predicted octanol–water partition coefficient (Wildman–Crippen LogP) is 0.270. The molecule has 5 N–H and O–H groups in total. The van der Waals surface area contributed by atoms with Crippen LogP contribution in [-0.4, -0.2) is 62.9 Å². The lowest BCUT2D eigenvalue weighted by atomic mass is 10.0. The third kappa shape index (κ3) is 5.55. The van der Waals surface area contributed by atoms with Crippen LogP contribution in [0, 0.1) is 0 Å². The van der Waals surface area contributed by atoms with Crippen molar-refractivity contribution in [1.82, 2.24) is 10.2 Å². The van der Waals surface area contributed by atoms with E-state index in [1.54, 1.807) is 0 Å². The van der Waals surface area contributed by atoms with Crippen LogP contribution < -0.4 is 15.6 Å². The highest BCUT2D eigenvalue weighted by molar-refractivity contribution is 7.90. The number of piperidine rings is 2. The van der Waals surface area contributed by atoms with Crippen LogP contribution in [0.1, 0.15) is 58.3 Å². The Balaban J connectivity index is 0.000000189. The number of halogens is 1. The molecule has 27 heavy (non-hydrogen) atoms. The molecule has 4 aliphatic heterocycles. The Morgan fingerprint density at radius 2 is 1.22 bits per heavy atom. The maximum atomic E-state index is 11.3. The van der Waals surface area contributed by atoms with Crippen molar-refractivity contribution < 1.29 is 16.8 Å². The zero-order valence-corrected chi connectivity index (χ0v) is 18.2. The van der Waals surface area contributed by atoms with Crippen LogP contribution in [-0.2, 0) is 20.0 Å². The minimum absolute atomic E-state index is 0. The molecule has 0 radical (unpaired) electrons. The molecular weight excluding hydrogens is 412 g/mol. The molecule has 0 spiro atoms. The average molecular weight is 445 g/mol. The second-order valence-corrected chi connectivity index (χ2v) is 11.9. The van der Waals surface area contributed by atoms with Gasteiger partial charge in [0.25, 0.3) is 0 Å². The highest BCUT2D eigenvalue weighted by Crippen LogP contribution is 2.37. The lowest BCUT2D eigenvalue weighted by molar-refractivity contribution is 0.150. The minimum atomic E-state index is -3.31. The van der Waals surface area contributed by atoms with E-state index in [0.717, 1.165) is 45.1 Å². The van der Waals surface area contributed by atoms with Crippen LogP contribution >= 0.6 is 12.4 Å². The molecule has 4 heterocycles. The van der Waals surface area contributed by atoms with Gasteiger partial charge >= 0.3 is 0 Å². The molecule has 0 saturated carbocycles. The maximum absolute atomic E-state index is 11.3. The predicted molar refractivity (Wildman–Crippen MR) is 109 cm³/mol. The van der Waals surface area contributed by atoms with Crippen molar-refractivity contribution >= 4 is 32.5 Å². The maximum Gasteiger partial charge on any atom is 0.212 e. The molecule has 0 aromatic heterocycles. The van der Waals surface area contributed by atoms with E-state index in [0.29, 0.717) is 37.0 Å². The summed E-state index contributed by atoms with van der Waals surface area (Å²) in [5.41, 5.74) is 0. The molecule has 0 aliphatic carbocycles. The Morgan fingerprint density at radius 1 is 0.815 bits per heavy atom. The van der Waals surface area contributed by atoms with Crippen LogP contribution in [0.5, 0.6) is 0 Å². The van der Waals surface area contributed by atoms with Crippen LogP contribution in [0.4, 0.5) is 0 Å². The molecule has 0 aromatic rings. The Labute approximate surface area is 169 Å². The van der Waals surface area contributed by atoms with Crippen LogP contribution in [0.15, 0.2) is 0 Å². The number of fused-ring (bicyclic) bond motifs is 4. The number of nitrogens with one attached hydrogen (secondary N) is 1. The first-order valence-corrected chi connectivity index (χ1v) is 12.8. The van der Waals surface area contributed by atoms with E-state index < -0.39 is 20.0 Å². The van der Waals surface area contributed by atoms with E-state index in [2.05, 4.69) is 17.1 Å². The van der Waals surface area contributed by atoms with Gasteiger partial charge in [-0.15, -0.1) is 12.4 Å². The monoisotopic (exact) mass is 444 g/mol. The molecule has 4 rings (SSSR count). The van der Waals surface area contributed by atoms with Crippen LogP contribution in [0.3, 0.4) is 0 Å². The molecule has 4 aliphatic rings. The molecule has 11 heteroatoms. The molecule has 4 fully saturated rings. The molecule has 0 aromatic carbocycles. The van der Waals surface area contributed by atoms with Crippen molar-refractivity contribution in [2.45, 2.75) is 93.0 Å². The quantitative estimate of drug-likeness (QED) is 0.571. The number of rotatable bonds is 3. The summed E-state index contributed by atoms with van der Waals surface area (Å²) in [6.45, 7) is 3.18. The van der Waals surface area contributed by atoms with Gasteiger partial charge in [-0.05, 0) is 57.9 Å². The normalized spacial score (nSPS) is 38.6. The number of sulfonamides is 2. The largest absolute Gasteiger partial charge is 0.311 e. The first-order chi connectivity index (χ1) is 12.1. The van der Waals surface area contributed by atoms with Crippen LogP contribution in [0.2, 0.25) is 0 Å². The Hall–Kier alpha value is 0.0300. The SMILES string of the molecule is CCN1[C@@H]2CC[C@H]1CC(S(N)(=O)=O)C2.Cl.NS(=O)(=O)C1C[C@H]2CC[C@@H](C1)N2. The number of hydrogen-bond donors (Lipinski definition) is 3. The van der Waals surface area contributed by atoms with Gasteiger partial charge in [0.15, 0.2) is 0 Å². The average Bonchev–Trinajstić information content (AvgIpc) is 3.00. The van der Waals surface area contributed by atoms with Crippen molar-refractivity contribution in [2.75, 3.05) is 6.54 Å². The third-order valence-corrected chi connectivity index (χ3v) is 9.19. The smallest absolute Gasteiger partial charge is 0.212 e. The van der Waals surface area contributed by atoms with E-state index >= 15 is 0 Å². The fourth-order valence-electron chi connectivity index (χ4n) is 5.28. The van der Waals surface area contributed by atoms with E-state index in [1.165, 1.54) is 0 Å². The Bertz CT molecular complexity index is 692. The molecule has 4 saturated heterocycles. The molecular formula is C16H33ClN4O4S2. The molecule has 6 atom stereocenters. The van der Waals surface area contributed by atoms with Gasteiger partial charge in [0.1, 0.15) is 0 Å². The first kappa shape index (κ1) is 23.3. The zero-order valence-electron chi connectivity index (χ0n) is 15.8. The summed E-state index contributed by atoms with van der Waals surface area (Å²) in [4.78, 5) is 2.43. The van der Waals surface area contributed by atoms with E-state index in [1.807, 2.05) is 0 Å². The number of primary sulfonamides is 2. The first-order valence-electron chi connectivity index (χ1n) is 9.63. The van der Waals surface area contributed by atoms with E-state index in [9.17, 15) is 16.8 Å². The van der Waals surface area contributed by atoms with Crippen molar-refractivity contribution in [2.24, 2.45) is 10.3 Å². The van der Waals surface area contributed by atoms with Crippen molar-refractivity contribution in [3.05, 3.63) is 0 Å². The van der Waals surface area contributed by atoms with Gasteiger partial charge < -0.3 is 5.32 Å². The summed E-state index contributed by atoms with van der Waals surface area (Å²) in [5.74, 6) is 0. The van der Waals surface area contributed by atoms with Crippen molar-refractivity contribution in [3.8, 4) is 0 Å². The minimum Gasteiger partial charge on any atom is -0.311 e. The van der Waals surface area contributed by atoms with Gasteiger partial charge in [-0.3, -0.25) is 4.90 Å². The number of nitrogens with zero attached hydrogens (tertiary/aromatic N) is 1. The number of nitrogens with two attached hydrogens (primary N) is 2. The molecule has 4 bridgehead atoms. The summed E-state index contributed by atoms with van der Waals surface area (Å²) < 4.78 is 44.6. The van der Waals surface area contributed by atoms with Gasteiger partial charge in [0, 0.05) is 24.2 Å². The zero-order chi connectivity index (χ0) is 19.1. The molecule has 2 unspecified atom stereocenters. The van der Waals surface area contributed by atoms with Gasteiger partial charge in [0.05, 0.1) is 10.5 Å². The van der Waals surface area contributed by atoms with Gasteiger partial charge in [0.2, 0.25) is 20.0 Å². The van der Waals surface area contributed by atoms with Crippen LogP contribution in [0.25, 0.3) is 0 Å². The molecule has 8 nitrogen and oxygen atoms in total. The number of hydrogen-bond acceptors (Lipinski definition) is 6. The third-order valence-electron chi connectivity index (χ3n) is 6.57. The second kappa shape index (κ2) is 8.81. The van der Waals surface area contributed by atoms with Crippen molar-refractivity contribution in [3.63, 3.8) is 0 Å². The summed E-state index contributed by atoms with van der Waals surface area (Å²) in [6.07, 6.45) is 7.39. The molecule has 0 amide bonds. The summed E-state index contributed by atoms with van der Waals surface area (Å²) >= 11 is 0. The topological polar surface area (TPSA) is 136 Å². The van der Waals surface area contributed by atoms with E-state index in [4.69, 9.17) is 10.3 Å². The van der Waals surface area contributed by atoms with Crippen molar-refractivity contribution in [1.29, 1.82) is 0 Å². The van der Waals surface area contributed by atoms with E-state index in [-0.39, 0.29) is 22.9 Å². The lowest BCUT2D eigenvalue weighted by Gasteiger charge is -2.37. The highest BCUT2D eigenvalue weighted by atomic mass is 35.5. The summed E-state index contributed by atoms with van der Waals surface area (Å²) in [7, 11) is -6.60. The Morgan fingerprint density at radius 3 is 1.59 bits per heavy atom. The fraction of sp³-hybridized carbons (Fsp3) is 1.00. The molecule has 160 valence electrons. The highest BCUT2D eigenvalue weighted by Gasteiger charge is 2.43. The van der Waals surface area contributed by atoms with Gasteiger partial charge in [-0.2, -0.15) is 0 Å². The summed E-state index contributed by atoms with van der Waals surface area (Å²) in [6, 6.07) is 1.71. The standard InChI is InChI=1S/C9H18N2O2S.C7H14N2O2S.ClH/c1-2-11-7-3-4-8(11)6-9(5-7)14(10,12)13;8-12(10,11)7-3-5-1-2-6(4-7)9-5;/h7-9H,2-6H2,1H3,(H2,10,12,13);5-7,9H,1-4H2,(H2,8,10,11);1H/t7-,8+,9?;5-,6+,7?;. The lowest BCUT2D eigenvalue weighted by Crippen LogP contribution is -2.48. The fourth-order valence-corrected chi connectivity index (χ4v) is 7.26.